The van der Waals surface area contributed by atoms with Gasteiger partial charge in [0.05, 0.1) is 0 Å². The van der Waals surface area contributed by atoms with Crippen LogP contribution in [0.1, 0.15) is 4.88 Å². The van der Waals surface area contributed by atoms with Crippen LogP contribution >= 0.6 is 68.5 Å². The Labute approximate surface area is 200 Å². The Morgan fingerprint density at radius 1 is 0.759 bits per heavy atom. The molecule has 0 aliphatic carbocycles. The number of thiophene rings is 4. The zero-order valence-corrected chi connectivity index (χ0v) is 24.0. The Kier molecular flexibility index (Phi) is 5.38. The van der Waals surface area contributed by atoms with Crippen LogP contribution in [0.4, 0.5) is 0 Å². The molecule has 5 aromatic rings. The summed E-state index contributed by atoms with van der Waals surface area (Å²) in [6.07, 6.45) is 0. The van der Waals surface area contributed by atoms with E-state index in [1.165, 1.54) is 48.8 Å². The first-order valence-corrected chi connectivity index (χ1v) is 23.4. The van der Waals surface area contributed by atoms with E-state index < -0.39 is 18.4 Å². The molecule has 0 saturated carbocycles. The van der Waals surface area contributed by atoms with Gasteiger partial charge in [0.1, 0.15) is 0 Å². The molecule has 4 aromatic heterocycles. The average molecular weight is 600 g/mol. The van der Waals surface area contributed by atoms with Gasteiger partial charge in [0, 0.05) is 0 Å². The fourth-order valence-corrected chi connectivity index (χ4v) is 16.2. The van der Waals surface area contributed by atoms with Crippen LogP contribution in [0.15, 0.2) is 35.0 Å². The van der Waals surface area contributed by atoms with Crippen LogP contribution in [0, 0.1) is 6.92 Å². The summed E-state index contributed by atoms with van der Waals surface area (Å²) in [5, 5.41) is 8.59. The van der Waals surface area contributed by atoms with Crippen LogP contribution in [-0.4, -0.2) is 18.4 Å². The number of benzene rings is 1. The molecule has 0 nitrogen and oxygen atoms in total. The number of hydrogen-bond acceptors (Lipinski definition) is 4. The van der Waals surface area contributed by atoms with Crippen LogP contribution in [0.5, 0.6) is 0 Å². The molecule has 0 aliphatic rings. The predicted molar refractivity (Wildman–Crippen MR) is 142 cm³/mol. The Balaban J connectivity index is 2.10. The third-order valence-corrected chi connectivity index (χ3v) is 20.1. The molecule has 1 aromatic carbocycles. The summed E-state index contributed by atoms with van der Waals surface area (Å²) in [5.74, 6) is 0. The zero-order chi connectivity index (χ0) is 20.5. The molecule has 0 aliphatic heterocycles. The van der Waals surface area contributed by atoms with Crippen LogP contribution in [0.25, 0.3) is 41.1 Å². The third kappa shape index (κ3) is 3.25. The molecule has 0 unspecified atom stereocenters. The number of hydrogen-bond donors (Lipinski definition) is 0. The monoisotopic (exact) mass is 600 g/mol. The summed E-state index contributed by atoms with van der Waals surface area (Å²) >= 11 is 19.0. The van der Waals surface area contributed by atoms with E-state index in [1.54, 1.807) is 34.0 Å². The van der Waals surface area contributed by atoms with Gasteiger partial charge >= 0.3 is 203 Å². The van der Waals surface area contributed by atoms with Gasteiger partial charge in [0.2, 0.25) is 0 Å². The molecule has 0 spiro atoms. The average Bonchev–Trinajstić information content (AvgIpc) is 3.43. The standard InChI is InChI=1S/C19H9Cl2S4.3CH3.Sn/c1-9-17(21)16-15(12-5-3-7-23-12)18-13(10(20)8-24-18)14(19(16)25-9)11-4-2-6-22-11;;;;/h2-7H,1H3;3*1H3;. The van der Waals surface area contributed by atoms with Crippen molar-refractivity contribution in [1.29, 1.82) is 0 Å². The molecule has 0 amide bonds. The third-order valence-electron chi connectivity index (χ3n) is 5.03. The van der Waals surface area contributed by atoms with Crippen molar-refractivity contribution in [2.45, 2.75) is 21.7 Å². The molecular weight excluding hydrogens is 582 g/mol. The van der Waals surface area contributed by atoms with Crippen LogP contribution in [0.3, 0.4) is 0 Å². The van der Waals surface area contributed by atoms with Gasteiger partial charge in [-0.1, -0.05) is 0 Å². The molecule has 7 heteroatoms. The van der Waals surface area contributed by atoms with E-state index in [4.69, 9.17) is 23.2 Å². The maximum absolute atomic E-state index is 7.19. The van der Waals surface area contributed by atoms with Crippen molar-refractivity contribution in [3.8, 4) is 20.9 Å². The minimum absolute atomic E-state index is 0.887. The first-order chi connectivity index (χ1) is 13.8. The van der Waals surface area contributed by atoms with Gasteiger partial charge in [-0.3, -0.25) is 0 Å². The van der Waals surface area contributed by atoms with Gasteiger partial charge in [-0.25, -0.2) is 0 Å². The van der Waals surface area contributed by atoms with Crippen molar-refractivity contribution in [2.75, 3.05) is 0 Å². The molecule has 0 fully saturated rings. The first-order valence-electron chi connectivity index (χ1n) is 9.23. The maximum atomic E-state index is 7.19. The molecule has 0 saturated heterocycles. The zero-order valence-electron chi connectivity index (χ0n) is 16.4. The Bertz CT molecular complexity index is 1320. The summed E-state index contributed by atoms with van der Waals surface area (Å²) < 4.78 is 4.01. The predicted octanol–water partition coefficient (Wildman–Crippen LogP) is 9.73. The van der Waals surface area contributed by atoms with Crippen molar-refractivity contribution < 1.29 is 0 Å². The SMILES string of the molecule is Cc1sc2c(-c3cccs3)c3c(Cl)[c]([Sn]([CH3])([CH3])[CH3])sc3c(-c3cccs3)c2c1Cl. The fourth-order valence-electron chi connectivity index (χ4n) is 3.76. The van der Waals surface area contributed by atoms with Gasteiger partial charge in [0.25, 0.3) is 0 Å². The van der Waals surface area contributed by atoms with E-state index in [2.05, 4.69) is 56.8 Å². The number of fused-ring (bicyclic) bond motifs is 2. The number of aryl methyl sites for hydroxylation is 1. The minimum atomic E-state index is -2.40. The van der Waals surface area contributed by atoms with Gasteiger partial charge in [0.15, 0.2) is 0 Å². The van der Waals surface area contributed by atoms with E-state index in [9.17, 15) is 0 Å². The molecule has 29 heavy (non-hydrogen) atoms. The topological polar surface area (TPSA) is 0 Å². The molecule has 148 valence electrons. The van der Waals surface area contributed by atoms with Gasteiger partial charge in [-0.15, -0.1) is 0 Å². The number of rotatable bonds is 3. The normalized spacial score (nSPS) is 12.5. The summed E-state index contributed by atoms with van der Waals surface area (Å²) in [6.45, 7) is 2.12. The van der Waals surface area contributed by atoms with Crippen molar-refractivity contribution >= 4 is 110 Å². The first kappa shape index (κ1) is 20.8. The van der Waals surface area contributed by atoms with Crippen LogP contribution in [-0.2, 0) is 0 Å². The summed E-state index contributed by atoms with van der Waals surface area (Å²) in [4.78, 5) is 11.0. The Morgan fingerprint density at radius 2 is 1.28 bits per heavy atom. The molecule has 0 radical (unpaired) electrons. The van der Waals surface area contributed by atoms with Crippen LogP contribution in [0.2, 0.25) is 24.9 Å². The Morgan fingerprint density at radius 3 is 1.76 bits per heavy atom. The van der Waals surface area contributed by atoms with E-state index in [0.29, 0.717) is 0 Å². The molecule has 0 N–H and O–H groups in total. The summed E-state index contributed by atoms with van der Waals surface area (Å²) in [6, 6.07) is 8.66. The number of halogens is 2. The molecule has 5 rings (SSSR count). The van der Waals surface area contributed by atoms with Gasteiger partial charge < -0.3 is 0 Å². The van der Waals surface area contributed by atoms with Crippen molar-refractivity contribution in [2.24, 2.45) is 0 Å². The van der Waals surface area contributed by atoms with Gasteiger partial charge in [-0.05, 0) is 0 Å². The summed E-state index contributed by atoms with van der Waals surface area (Å²) in [7, 11) is 0. The van der Waals surface area contributed by atoms with Crippen LogP contribution < -0.4 is 2.89 Å². The second-order valence-corrected chi connectivity index (χ2v) is 28.3. The fraction of sp³-hybridized carbons (Fsp3) is 0.182. The molecular formula is C22H18Cl2S4Sn. The Hall–Kier alpha value is -0.0813. The summed E-state index contributed by atoms with van der Waals surface area (Å²) in [5.41, 5.74) is 2.54. The van der Waals surface area contributed by atoms with Crippen molar-refractivity contribution in [1.82, 2.24) is 0 Å². The molecule has 0 atom stereocenters. The van der Waals surface area contributed by atoms with Crippen molar-refractivity contribution in [3.05, 3.63) is 49.9 Å². The van der Waals surface area contributed by atoms with E-state index in [1.807, 2.05) is 11.3 Å². The van der Waals surface area contributed by atoms with E-state index >= 15 is 0 Å². The molecule has 4 heterocycles. The second-order valence-electron chi connectivity index (χ2n) is 8.08. The second kappa shape index (κ2) is 7.51. The van der Waals surface area contributed by atoms with Crippen molar-refractivity contribution in [3.63, 3.8) is 0 Å². The van der Waals surface area contributed by atoms with E-state index in [-0.39, 0.29) is 0 Å². The van der Waals surface area contributed by atoms with E-state index in [0.717, 1.165) is 10.0 Å². The molecule has 0 bridgehead atoms. The quantitative estimate of drug-likeness (QED) is 0.181. The van der Waals surface area contributed by atoms with Gasteiger partial charge in [-0.2, -0.15) is 0 Å².